The number of hydrogen-bond donors (Lipinski definition) is 3. The van der Waals surface area contributed by atoms with Gasteiger partial charge in [-0.05, 0) is 23.8 Å². The number of rotatable bonds is 2. The van der Waals surface area contributed by atoms with E-state index < -0.39 is 11.9 Å². The van der Waals surface area contributed by atoms with Crippen LogP contribution in [0.4, 0.5) is 10.1 Å². The van der Waals surface area contributed by atoms with Crippen molar-refractivity contribution in [1.29, 1.82) is 0 Å². The SMILES string of the molecule is Nc1ccc(F)cc1[C@@H](N)CO. The Morgan fingerprint density at radius 2 is 2.17 bits per heavy atom. The first-order valence-corrected chi connectivity index (χ1v) is 3.56. The van der Waals surface area contributed by atoms with Crippen LogP contribution in [0.15, 0.2) is 18.2 Å². The van der Waals surface area contributed by atoms with Gasteiger partial charge in [-0.15, -0.1) is 0 Å². The van der Waals surface area contributed by atoms with Crippen LogP contribution in [-0.4, -0.2) is 11.7 Å². The molecule has 0 amide bonds. The lowest BCUT2D eigenvalue weighted by atomic mass is 10.1. The molecule has 0 bridgehead atoms. The Labute approximate surface area is 69.8 Å². The van der Waals surface area contributed by atoms with E-state index in [1.807, 2.05) is 0 Å². The minimum Gasteiger partial charge on any atom is -0.398 e. The van der Waals surface area contributed by atoms with Gasteiger partial charge in [0, 0.05) is 5.69 Å². The highest BCUT2D eigenvalue weighted by Crippen LogP contribution is 2.18. The van der Waals surface area contributed by atoms with Gasteiger partial charge in [0.1, 0.15) is 5.82 Å². The summed E-state index contributed by atoms with van der Waals surface area (Å²) in [6.07, 6.45) is 0. The summed E-state index contributed by atoms with van der Waals surface area (Å²) in [5.41, 5.74) is 11.8. The molecule has 0 heterocycles. The number of aliphatic hydroxyl groups excluding tert-OH is 1. The largest absolute Gasteiger partial charge is 0.398 e. The minimum absolute atomic E-state index is 0.242. The van der Waals surface area contributed by atoms with Gasteiger partial charge in [-0.3, -0.25) is 0 Å². The normalized spacial score (nSPS) is 12.9. The van der Waals surface area contributed by atoms with Crippen LogP contribution in [-0.2, 0) is 0 Å². The molecule has 0 aliphatic carbocycles. The fraction of sp³-hybridized carbons (Fsp3) is 0.250. The number of nitrogen functional groups attached to an aromatic ring is 1. The maximum atomic E-state index is 12.7. The van der Waals surface area contributed by atoms with Gasteiger partial charge < -0.3 is 16.6 Å². The average molecular weight is 170 g/mol. The number of anilines is 1. The Bertz CT molecular complexity index is 278. The van der Waals surface area contributed by atoms with Crippen molar-refractivity contribution in [1.82, 2.24) is 0 Å². The lowest BCUT2D eigenvalue weighted by molar-refractivity contribution is 0.268. The van der Waals surface area contributed by atoms with Gasteiger partial charge in [0.2, 0.25) is 0 Å². The van der Waals surface area contributed by atoms with Gasteiger partial charge in [0.25, 0.3) is 0 Å². The molecule has 0 saturated heterocycles. The summed E-state index contributed by atoms with van der Waals surface area (Å²) in [6.45, 7) is -0.242. The zero-order valence-corrected chi connectivity index (χ0v) is 6.50. The summed E-state index contributed by atoms with van der Waals surface area (Å²) in [5.74, 6) is -0.400. The molecule has 5 N–H and O–H groups in total. The molecule has 0 aromatic heterocycles. The van der Waals surface area contributed by atoms with Gasteiger partial charge in [-0.25, -0.2) is 4.39 Å². The Hall–Kier alpha value is -1.13. The van der Waals surface area contributed by atoms with E-state index in [9.17, 15) is 4.39 Å². The van der Waals surface area contributed by atoms with Crippen LogP contribution in [0.3, 0.4) is 0 Å². The van der Waals surface area contributed by atoms with Gasteiger partial charge in [-0.1, -0.05) is 0 Å². The number of halogens is 1. The van der Waals surface area contributed by atoms with E-state index in [-0.39, 0.29) is 6.61 Å². The van der Waals surface area contributed by atoms with Gasteiger partial charge >= 0.3 is 0 Å². The molecular formula is C8H11FN2O. The minimum atomic E-state index is -0.610. The van der Waals surface area contributed by atoms with Crippen molar-refractivity contribution in [2.24, 2.45) is 5.73 Å². The molecular weight excluding hydrogens is 159 g/mol. The molecule has 66 valence electrons. The van der Waals surface area contributed by atoms with Crippen molar-refractivity contribution in [2.75, 3.05) is 12.3 Å². The van der Waals surface area contributed by atoms with Crippen molar-refractivity contribution < 1.29 is 9.50 Å². The topological polar surface area (TPSA) is 72.3 Å². The summed E-state index contributed by atoms with van der Waals surface area (Å²) in [5, 5.41) is 8.70. The highest BCUT2D eigenvalue weighted by Gasteiger charge is 2.08. The number of benzene rings is 1. The Morgan fingerprint density at radius 3 is 2.75 bits per heavy atom. The van der Waals surface area contributed by atoms with E-state index in [1.54, 1.807) is 0 Å². The molecule has 0 aliphatic rings. The molecule has 12 heavy (non-hydrogen) atoms. The van der Waals surface area contributed by atoms with Crippen LogP contribution in [0.1, 0.15) is 11.6 Å². The predicted octanol–water partition coefficient (Wildman–Crippen LogP) is 0.400. The lowest BCUT2D eigenvalue weighted by Gasteiger charge is -2.10. The first-order chi connectivity index (χ1) is 5.65. The molecule has 1 aromatic rings. The Balaban J connectivity index is 3.04. The summed E-state index contributed by atoms with van der Waals surface area (Å²) < 4.78 is 12.7. The van der Waals surface area contributed by atoms with E-state index in [4.69, 9.17) is 16.6 Å². The summed E-state index contributed by atoms with van der Waals surface area (Å²) in [4.78, 5) is 0. The number of nitrogens with two attached hydrogens (primary N) is 2. The third-order valence-corrected chi connectivity index (χ3v) is 1.65. The van der Waals surface area contributed by atoms with Crippen molar-refractivity contribution in [3.63, 3.8) is 0 Å². The molecule has 1 aromatic carbocycles. The third kappa shape index (κ3) is 1.72. The van der Waals surface area contributed by atoms with E-state index in [1.165, 1.54) is 18.2 Å². The standard InChI is InChI=1S/C8H11FN2O/c9-5-1-2-7(10)6(3-5)8(11)4-12/h1-3,8,12H,4,10-11H2/t8-/m0/s1. The third-order valence-electron chi connectivity index (χ3n) is 1.65. The molecule has 1 atom stereocenters. The lowest BCUT2D eigenvalue weighted by Crippen LogP contribution is -2.16. The van der Waals surface area contributed by atoms with Crippen LogP contribution in [0.5, 0.6) is 0 Å². The van der Waals surface area contributed by atoms with Gasteiger partial charge in [0.15, 0.2) is 0 Å². The highest BCUT2D eigenvalue weighted by atomic mass is 19.1. The number of aliphatic hydroxyl groups is 1. The van der Waals surface area contributed by atoms with Crippen LogP contribution >= 0.6 is 0 Å². The molecule has 0 radical (unpaired) electrons. The van der Waals surface area contributed by atoms with E-state index in [0.29, 0.717) is 11.3 Å². The zero-order valence-electron chi connectivity index (χ0n) is 6.50. The number of hydrogen-bond acceptors (Lipinski definition) is 3. The first kappa shape index (κ1) is 8.96. The van der Waals surface area contributed by atoms with Crippen LogP contribution in [0.2, 0.25) is 0 Å². The average Bonchev–Trinajstić information content (AvgIpc) is 2.08. The first-order valence-electron chi connectivity index (χ1n) is 3.56. The second-order valence-corrected chi connectivity index (χ2v) is 2.56. The summed E-state index contributed by atoms with van der Waals surface area (Å²) >= 11 is 0. The smallest absolute Gasteiger partial charge is 0.123 e. The molecule has 3 nitrogen and oxygen atoms in total. The Kier molecular flexibility index (Phi) is 2.62. The Morgan fingerprint density at radius 1 is 1.50 bits per heavy atom. The summed E-state index contributed by atoms with van der Waals surface area (Å²) in [6, 6.07) is 3.31. The monoisotopic (exact) mass is 170 g/mol. The van der Waals surface area contributed by atoms with Crippen LogP contribution < -0.4 is 11.5 Å². The maximum absolute atomic E-state index is 12.7. The van der Waals surface area contributed by atoms with E-state index in [2.05, 4.69) is 0 Å². The molecule has 0 unspecified atom stereocenters. The van der Waals surface area contributed by atoms with E-state index in [0.717, 1.165) is 0 Å². The van der Waals surface area contributed by atoms with Crippen LogP contribution in [0, 0.1) is 5.82 Å². The molecule has 0 saturated carbocycles. The fourth-order valence-corrected chi connectivity index (χ4v) is 0.965. The summed E-state index contributed by atoms with van der Waals surface area (Å²) in [7, 11) is 0. The second kappa shape index (κ2) is 3.51. The highest BCUT2D eigenvalue weighted by molar-refractivity contribution is 5.48. The molecule has 1 rings (SSSR count). The molecule has 0 spiro atoms. The molecule has 0 fully saturated rings. The van der Waals surface area contributed by atoms with Crippen molar-refractivity contribution in [2.45, 2.75) is 6.04 Å². The fourth-order valence-electron chi connectivity index (χ4n) is 0.965. The van der Waals surface area contributed by atoms with E-state index >= 15 is 0 Å². The van der Waals surface area contributed by atoms with Crippen molar-refractivity contribution >= 4 is 5.69 Å². The zero-order chi connectivity index (χ0) is 9.14. The van der Waals surface area contributed by atoms with Gasteiger partial charge in [0.05, 0.1) is 12.6 Å². The molecule has 0 aliphatic heterocycles. The van der Waals surface area contributed by atoms with Crippen LogP contribution in [0.25, 0.3) is 0 Å². The maximum Gasteiger partial charge on any atom is 0.123 e. The molecule has 4 heteroatoms. The second-order valence-electron chi connectivity index (χ2n) is 2.56. The van der Waals surface area contributed by atoms with Crippen molar-refractivity contribution in [3.8, 4) is 0 Å². The van der Waals surface area contributed by atoms with Gasteiger partial charge in [-0.2, -0.15) is 0 Å². The van der Waals surface area contributed by atoms with Crippen molar-refractivity contribution in [3.05, 3.63) is 29.6 Å². The predicted molar refractivity (Wildman–Crippen MR) is 44.8 cm³/mol. The quantitative estimate of drug-likeness (QED) is 0.562.